The standard InChI is InChI=1S/C59H95NO5/c1-4-7-10-13-16-19-22-25-27-29-30-33-35-38-41-44-47-50-55(65-59(64)52-49-46-43-40-37-34-31-28-26-23-20-17-14-11-8-5-2)53-58(63)60-56(54-61)57(62)51-48-45-42-39-36-32-24-21-18-15-12-9-6-3/h7-8,10-11,16-17,19-20,25-28,30,33-34,37-38,41,43,46-47,50,55-57,61-62H,4-6,9,12-15,18,21-24,29,31-32,35-36,39-40,42,44-45,48-49,51-54H2,1-3H3,(H,60,63)/b10-7-,11-8+,19-16-,20-17+,27-25-,28-26+,33-30-,37-34+,41-38-,46-43+,50-47-. The van der Waals surface area contributed by atoms with E-state index in [4.69, 9.17) is 4.74 Å². The summed E-state index contributed by atoms with van der Waals surface area (Å²) in [5.74, 6) is -0.743. The van der Waals surface area contributed by atoms with Crippen LogP contribution in [0.2, 0.25) is 0 Å². The van der Waals surface area contributed by atoms with Gasteiger partial charge in [-0.25, -0.2) is 0 Å². The number of hydrogen-bond donors (Lipinski definition) is 3. The molecule has 0 rings (SSSR count). The second-order valence-electron chi connectivity index (χ2n) is 16.8. The van der Waals surface area contributed by atoms with Gasteiger partial charge in [-0.1, -0.05) is 232 Å². The van der Waals surface area contributed by atoms with E-state index in [2.05, 4.69) is 142 Å². The van der Waals surface area contributed by atoms with Crippen LogP contribution in [0.1, 0.15) is 201 Å². The van der Waals surface area contributed by atoms with E-state index in [1.807, 2.05) is 12.2 Å². The van der Waals surface area contributed by atoms with Gasteiger partial charge in [0.1, 0.15) is 6.10 Å². The van der Waals surface area contributed by atoms with Crippen LogP contribution in [0.5, 0.6) is 0 Å². The Kier molecular flexibility index (Phi) is 47.9. The van der Waals surface area contributed by atoms with Crippen molar-refractivity contribution in [3.05, 3.63) is 134 Å². The molecule has 0 aromatic heterocycles. The molecular formula is C59H95NO5. The smallest absolute Gasteiger partial charge is 0.306 e. The molecule has 0 aromatic carbocycles. The Bertz CT molecular complexity index is 1420. The van der Waals surface area contributed by atoms with Gasteiger partial charge in [-0.05, 0) is 89.5 Å². The quantitative estimate of drug-likeness (QED) is 0.0322. The zero-order valence-corrected chi connectivity index (χ0v) is 41.6. The highest BCUT2D eigenvalue weighted by Gasteiger charge is 2.23. The summed E-state index contributed by atoms with van der Waals surface area (Å²) in [4.78, 5) is 26.1. The average Bonchev–Trinajstić information content (AvgIpc) is 3.30. The van der Waals surface area contributed by atoms with Gasteiger partial charge in [0.2, 0.25) is 5.91 Å². The Balaban J connectivity index is 4.91. The Morgan fingerprint density at radius 1 is 0.477 bits per heavy atom. The first-order valence-corrected chi connectivity index (χ1v) is 25.9. The number of carbonyl (C=O) groups is 2. The monoisotopic (exact) mass is 898 g/mol. The van der Waals surface area contributed by atoms with E-state index in [9.17, 15) is 19.8 Å². The van der Waals surface area contributed by atoms with Crippen LogP contribution < -0.4 is 5.32 Å². The Morgan fingerprint density at radius 3 is 1.22 bits per heavy atom. The first-order valence-electron chi connectivity index (χ1n) is 25.9. The third kappa shape index (κ3) is 46.3. The van der Waals surface area contributed by atoms with Crippen LogP contribution in [-0.2, 0) is 14.3 Å². The molecule has 6 nitrogen and oxygen atoms in total. The van der Waals surface area contributed by atoms with Crippen LogP contribution in [0.4, 0.5) is 0 Å². The molecule has 0 fully saturated rings. The summed E-state index contributed by atoms with van der Waals surface area (Å²) in [6.07, 6.45) is 72.6. The lowest BCUT2D eigenvalue weighted by atomic mass is 10.0. The molecule has 3 atom stereocenters. The van der Waals surface area contributed by atoms with Gasteiger partial charge in [-0.15, -0.1) is 0 Å². The second kappa shape index (κ2) is 51.0. The van der Waals surface area contributed by atoms with Crippen LogP contribution in [0, 0.1) is 0 Å². The molecule has 3 unspecified atom stereocenters. The predicted molar refractivity (Wildman–Crippen MR) is 282 cm³/mol. The maximum Gasteiger partial charge on any atom is 0.306 e. The van der Waals surface area contributed by atoms with E-state index in [-0.39, 0.29) is 31.3 Å². The molecule has 366 valence electrons. The van der Waals surface area contributed by atoms with Crippen LogP contribution in [0.3, 0.4) is 0 Å². The van der Waals surface area contributed by atoms with Gasteiger partial charge in [0.05, 0.1) is 25.2 Å². The van der Waals surface area contributed by atoms with Gasteiger partial charge in [0, 0.05) is 6.42 Å². The maximum absolute atomic E-state index is 13.2. The highest BCUT2D eigenvalue weighted by atomic mass is 16.5. The van der Waals surface area contributed by atoms with Crippen LogP contribution >= 0.6 is 0 Å². The summed E-state index contributed by atoms with van der Waals surface area (Å²) in [6, 6.07) is -0.767. The number of carbonyl (C=O) groups excluding carboxylic acids is 2. The third-order valence-electron chi connectivity index (χ3n) is 10.7. The van der Waals surface area contributed by atoms with Gasteiger partial charge < -0.3 is 20.3 Å². The number of aliphatic hydroxyl groups excluding tert-OH is 2. The molecule has 0 radical (unpaired) electrons. The molecule has 0 heterocycles. The number of aliphatic hydroxyl groups is 2. The lowest BCUT2D eigenvalue weighted by Gasteiger charge is -2.23. The van der Waals surface area contributed by atoms with E-state index in [0.717, 1.165) is 83.5 Å². The fourth-order valence-corrected chi connectivity index (χ4v) is 6.89. The minimum Gasteiger partial charge on any atom is -0.458 e. The van der Waals surface area contributed by atoms with Crippen molar-refractivity contribution >= 4 is 11.9 Å². The van der Waals surface area contributed by atoms with E-state index >= 15 is 0 Å². The van der Waals surface area contributed by atoms with Crippen molar-refractivity contribution in [3.8, 4) is 0 Å². The topological polar surface area (TPSA) is 95.9 Å². The van der Waals surface area contributed by atoms with E-state index in [0.29, 0.717) is 19.3 Å². The molecule has 0 spiro atoms. The zero-order valence-electron chi connectivity index (χ0n) is 41.6. The van der Waals surface area contributed by atoms with Crippen molar-refractivity contribution < 1.29 is 24.5 Å². The molecule has 65 heavy (non-hydrogen) atoms. The van der Waals surface area contributed by atoms with Gasteiger partial charge in [0.25, 0.3) is 0 Å². The third-order valence-corrected chi connectivity index (χ3v) is 10.7. The van der Waals surface area contributed by atoms with Crippen LogP contribution in [-0.4, -0.2) is 46.9 Å². The highest BCUT2D eigenvalue weighted by Crippen LogP contribution is 2.15. The van der Waals surface area contributed by atoms with Crippen molar-refractivity contribution in [1.29, 1.82) is 0 Å². The lowest BCUT2D eigenvalue weighted by Crippen LogP contribution is -2.46. The molecule has 0 saturated heterocycles. The van der Waals surface area contributed by atoms with Crippen molar-refractivity contribution in [2.75, 3.05) is 6.61 Å². The van der Waals surface area contributed by atoms with Gasteiger partial charge in [-0.3, -0.25) is 9.59 Å². The normalized spacial score (nSPS) is 14.4. The Hall–Kier alpha value is -4.00. The second-order valence-corrected chi connectivity index (χ2v) is 16.8. The summed E-state index contributed by atoms with van der Waals surface area (Å²) >= 11 is 0. The number of allylic oxidation sites excluding steroid dienone is 21. The summed E-state index contributed by atoms with van der Waals surface area (Å²) in [5, 5.41) is 23.7. The maximum atomic E-state index is 13.2. The molecule has 0 aromatic rings. The van der Waals surface area contributed by atoms with Crippen LogP contribution in [0.25, 0.3) is 0 Å². The number of esters is 1. The first-order chi connectivity index (χ1) is 32.0. The zero-order chi connectivity index (χ0) is 47.4. The molecule has 6 heteroatoms. The summed E-state index contributed by atoms with van der Waals surface area (Å²) in [5.41, 5.74) is 0. The van der Waals surface area contributed by atoms with E-state index < -0.39 is 18.2 Å². The highest BCUT2D eigenvalue weighted by molar-refractivity contribution is 5.78. The molecule has 0 saturated carbocycles. The van der Waals surface area contributed by atoms with E-state index in [1.54, 1.807) is 6.08 Å². The summed E-state index contributed by atoms with van der Waals surface area (Å²) < 4.78 is 5.78. The lowest BCUT2D eigenvalue weighted by molar-refractivity contribution is -0.148. The number of ether oxygens (including phenoxy) is 1. The average molecular weight is 898 g/mol. The predicted octanol–water partition coefficient (Wildman–Crippen LogP) is 15.8. The van der Waals surface area contributed by atoms with Crippen molar-refractivity contribution in [1.82, 2.24) is 5.32 Å². The fourth-order valence-electron chi connectivity index (χ4n) is 6.89. The molecular weight excluding hydrogens is 803 g/mol. The number of rotatable bonds is 44. The minimum absolute atomic E-state index is 0.0858. The summed E-state index contributed by atoms with van der Waals surface area (Å²) in [6.45, 7) is 6.19. The fraction of sp³-hybridized carbons (Fsp3) is 0.593. The van der Waals surface area contributed by atoms with Crippen molar-refractivity contribution in [2.45, 2.75) is 219 Å². The summed E-state index contributed by atoms with van der Waals surface area (Å²) in [7, 11) is 0. The molecule has 0 aliphatic rings. The number of hydrogen-bond acceptors (Lipinski definition) is 5. The Labute approximate surface area is 399 Å². The van der Waals surface area contributed by atoms with Crippen molar-refractivity contribution in [3.63, 3.8) is 0 Å². The molecule has 0 bridgehead atoms. The van der Waals surface area contributed by atoms with Gasteiger partial charge >= 0.3 is 5.97 Å². The number of amides is 1. The van der Waals surface area contributed by atoms with Gasteiger partial charge in [-0.2, -0.15) is 0 Å². The molecule has 3 N–H and O–H groups in total. The first kappa shape index (κ1) is 61.0. The van der Waals surface area contributed by atoms with E-state index in [1.165, 1.54) is 64.2 Å². The molecule has 0 aliphatic heterocycles. The minimum atomic E-state index is -0.841. The number of nitrogens with one attached hydrogen (secondary N) is 1. The SMILES string of the molecule is CC/C=C\C/C=C\C/C=C\C/C=C\C/C=C\C/C=C\C(CC(=O)NC(CO)C(O)CCCCCCCCCCCCCCC)OC(=O)CC/C=C/C/C=C/C/C=C/C/C=C/C/C=C/CC. The largest absolute Gasteiger partial charge is 0.458 e. The van der Waals surface area contributed by atoms with Crippen molar-refractivity contribution in [2.24, 2.45) is 0 Å². The molecule has 0 aliphatic carbocycles. The molecule has 1 amide bonds. The Morgan fingerprint density at radius 2 is 0.831 bits per heavy atom. The van der Waals surface area contributed by atoms with Crippen LogP contribution in [0.15, 0.2) is 134 Å². The number of unbranched alkanes of at least 4 members (excludes halogenated alkanes) is 12. The van der Waals surface area contributed by atoms with Gasteiger partial charge in [0.15, 0.2) is 0 Å².